The number of methoxy groups -OCH3 is 1. The molecular formula is C9H17N4O2+. The number of carbonyl (C=O) groups is 1. The Bertz CT molecular complexity index is 311. The number of rotatable bonds is 4. The summed E-state index contributed by atoms with van der Waals surface area (Å²) in [7, 11) is 7.30. The summed E-state index contributed by atoms with van der Waals surface area (Å²) in [4.78, 5) is 14.3. The number of hydrogen-bond donors (Lipinski definition) is 0. The van der Waals surface area contributed by atoms with E-state index in [9.17, 15) is 4.79 Å². The van der Waals surface area contributed by atoms with Crippen molar-refractivity contribution in [3.05, 3.63) is 10.4 Å². The summed E-state index contributed by atoms with van der Waals surface area (Å²) in [6.45, 7) is 0. The lowest BCUT2D eigenvalue weighted by Crippen LogP contribution is -2.56. The third-order valence-corrected chi connectivity index (χ3v) is 3.20. The molecule has 0 aromatic heterocycles. The molecule has 0 aliphatic heterocycles. The van der Waals surface area contributed by atoms with Crippen LogP contribution in [0.1, 0.15) is 12.8 Å². The Balaban J connectivity index is 3.00. The average molecular weight is 213 g/mol. The lowest BCUT2D eigenvalue weighted by Gasteiger charge is -2.37. The molecule has 0 N–H and O–H groups in total. The van der Waals surface area contributed by atoms with Crippen LogP contribution in [0, 0.1) is 0 Å². The molecule has 0 saturated heterocycles. The number of quaternary nitrogens is 1. The highest BCUT2D eigenvalue weighted by Gasteiger charge is 2.62. The van der Waals surface area contributed by atoms with E-state index in [2.05, 4.69) is 14.8 Å². The Morgan fingerprint density at radius 3 is 2.33 bits per heavy atom. The lowest BCUT2D eigenvalue weighted by molar-refractivity contribution is -0.907. The van der Waals surface area contributed by atoms with Gasteiger partial charge < -0.3 is 9.22 Å². The molecule has 0 aromatic rings. The van der Waals surface area contributed by atoms with Gasteiger partial charge in [-0.05, 0) is 5.53 Å². The Labute approximate surface area is 89.0 Å². The fraction of sp³-hybridized carbons (Fsp3) is 0.889. The molecule has 1 aliphatic rings. The second-order valence-electron chi connectivity index (χ2n) is 4.75. The molecule has 6 nitrogen and oxygen atoms in total. The first-order valence-electron chi connectivity index (χ1n) is 4.82. The maximum atomic E-state index is 11.5. The van der Waals surface area contributed by atoms with Gasteiger partial charge in [-0.1, -0.05) is 5.11 Å². The Kier molecular flexibility index (Phi) is 2.93. The smallest absolute Gasteiger partial charge is 0.321 e. The normalized spacial score (nSPS) is 20.0. The van der Waals surface area contributed by atoms with Crippen molar-refractivity contribution in [2.75, 3.05) is 28.3 Å². The van der Waals surface area contributed by atoms with Gasteiger partial charge in [0.15, 0.2) is 6.04 Å². The summed E-state index contributed by atoms with van der Waals surface area (Å²) in [5.74, 6) is -0.446. The molecule has 1 unspecified atom stereocenters. The molecule has 1 rings (SSSR count). The molecule has 0 aromatic carbocycles. The molecule has 0 bridgehead atoms. The maximum absolute atomic E-state index is 11.5. The van der Waals surface area contributed by atoms with Crippen LogP contribution >= 0.6 is 0 Å². The van der Waals surface area contributed by atoms with Crippen LogP contribution in [-0.4, -0.2) is 50.3 Å². The molecular weight excluding hydrogens is 196 g/mol. The number of hydrogen-bond acceptors (Lipinski definition) is 3. The minimum Gasteiger partial charge on any atom is -0.469 e. The number of carbonyl (C=O) groups excluding carboxylic acids is 1. The summed E-state index contributed by atoms with van der Waals surface area (Å²) >= 11 is 0. The van der Waals surface area contributed by atoms with Crippen molar-refractivity contribution in [2.45, 2.75) is 24.4 Å². The van der Waals surface area contributed by atoms with Gasteiger partial charge in [-0.25, -0.2) is 0 Å². The summed E-state index contributed by atoms with van der Waals surface area (Å²) in [5.41, 5.74) is 8.20. The minimum absolute atomic E-state index is 0.278. The molecule has 15 heavy (non-hydrogen) atoms. The average Bonchev–Trinajstić information content (AvgIpc) is 2.92. The monoisotopic (exact) mass is 213 g/mol. The van der Waals surface area contributed by atoms with E-state index >= 15 is 0 Å². The van der Waals surface area contributed by atoms with Gasteiger partial charge in [0, 0.05) is 17.8 Å². The van der Waals surface area contributed by atoms with Crippen molar-refractivity contribution in [1.82, 2.24) is 0 Å². The zero-order valence-electron chi connectivity index (χ0n) is 9.60. The Morgan fingerprint density at radius 1 is 1.53 bits per heavy atom. The third-order valence-electron chi connectivity index (χ3n) is 3.20. The molecule has 0 spiro atoms. The first-order valence-corrected chi connectivity index (χ1v) is 4.82. The Hall–Kier alpha value is -1.26. The van der Waals surface area contributed by atoms with Crippen LogP contribution in [0.4, 0.5) is 0 Å². The standard InChI is InChI=1S/C9H17N4O2/c1-13(2,3)9(5-6-9)7(11-12-10)8(14)15-4/h7H,5-6H2,1-4H3/q+1. The largest absolute Gasteiger partial charge is 0.469 e. The van der Waals surface area contributed by atoms with Crippen molar-refractivity contribution >= 4 is 5.97 Å². The fourth-order valence-corrected chi connectivity index (χ4v) is 1.98. The predicted octanol–water partition coefficient (Wildman–Crippen LogP) is 1.08. The second kappa shape index (κ2) is 3.72. The zero-order valence-corrected chi connectivity index (χ0v) is 9.60. The predicted molar refractivity (Wildman–Crippen MR) is 54.9 cm³/mol. The zero-order chi connectivity index (χ0) is 11.7. The van der Waals surface area contributed by atoms with E-state index in [0.29, 0.717) is 4.48 Å². The van der Waals surface area contributed by atoms with E-state index in [1.807, 2.05) is 21.1 Å². The van der Waals surface area contributed by atoms with Crippen molar-refractivity contribution < 1.29 is 14.0 Å². The van der Waals surface area contributed by atoms with E-state index in [1.54, 1.807) is 0 Å². The molecule has 1 aliphatic carbocycles. The summed E-state index contributed by atoms with van der Waals surface area (Å²) in [6.07, 6.45) is 1.77. The quantitative estimate of drug-likeness (QED) is 0.230. The first-order chi connectivity index (χ1) is 6.89. The molecule has 84 valence electrons. The van der Waals surface area contributed by atoms with Crippen LogP contribution in [0.2, 0.25) is 0 Å². The number of ether oxygens (including phenoxy) is 1. The van der Waals surface area contributed by atoms with E-state index in [-0.39, 0.29) is 5.54 Å². The lowest BCUT2D eigenvalue weighted by atomic mass is 10.0. The summed E-state index contributed by atoms with van der Waals surface area (Å²) in [6, 6.07) is -0.715. The van der Waals surface area contributed by atoms with Crippen molar-refractivity contribution in [3.63, 3.8) is 0 Å². The van der Waals surface area contributed by atoms with Crippen LogP contribution in [0.25, 0.3) is 10.4 Å². The number of likely N-dealkylation sites (N-methyl/N-ethyl adjacent to an activating group) is 1. The second-order valence-corrected chi connectivity index (χ2v) is 4.75. The molecule has 1 fully saturated rings. The summed E-state index contributed by atoms with van der Waals surface area (Å²) < 4.78 is 5.28. The highest BCUT2D eigenvalue weighted by Crippen LogP contribution is 2.48. The van der Waals surface area contributed by atoms with Crippen molar-refractivity contribution in [2.24, 2.45) is 5.11 Å². The highest BCUT2D eigenvalue weighted by molar-refractivity contribution is 5.78. The molecule has 0 amide bonds. The van der Waals surface area contributed by atoms with Gasteiger partial charge in [-0.2, -0.15) is 0 Å². The SMILES string of the molecule is COC(=O)C(N=[N+]=[N-])C1([N+](C)(C)C)CC1. The topological polar surface area (TPSA) is 75.1 Å². The molecule has 6 heteroatoms. The maximum Gasteiger partial charge on any atom is 0.321 e. The fourth-order valence-electron chi connectivity index (χ4n) is 1.98. The highest BCUT2D eigenvalue weighted by atomic mass is 16.5. The van der Waals surface area contributed by atoms with Crippen molar-refractivity contribution in [1.29, 1.82) is 0 Å². The molecule has 0 heterocycles. The molecule has 1 saturated carbocycles. The van der Waals surface area contributed by atoms with Gasteiger partial charge in [0.2, 0.25) is 0 Å². The van der Waals surface area contributed by atoms with Gasteiger partial charge in [0.25, 0.3) is 0 Å². The van der Waals surface area contributed by atoms with Crippen LogP contribution in [-0.2, 0) is 9.53 Å². The van der Waals surface area contributed by atoms with E-state index < -0.39 is 12.0 Å². The molecule has 0 radical (unpaired) electrons. The van der Waals surface area contributed by atoms with E-state index in [4.69, 9.17) is 5.53 Å². The van der Waals surface area contributed by atoms with E-state index in [0.717, 1.165) is 12.8 Å². The van der Waals surface area contributed by atoms with Gasteiger partial charge in [0.1, 0.15) is 5.54 Å². The van der Waals surface area contributed by atoms with E-state index in [1.165, 1.54) is 7.11 Å². The Morgan fingerprint density at radius 2 is 2.07 bits per heavy atom. The van der Waals surface area contributed by atoms with Gasteiger partial charge >= 0.3 is 5.97 Å². The van der Waals surface area contributed by atoms with Crippen LogP contribution < -0.4 is 0 Å². The van der Waals surface area contributed by atoms with Crippen molar-refractivity contribution in [3.8, 4) is 0 Å². The first kappa shape index (κ1) is 11.8. The van der Waals surface area contributed by atoms with Gasteiger partial charge in [-0.15, -0.1) is 0 Å². The molecule has 1 atom stereocenters. The minimum atomic E-state index is -0.715. The van der Waals surface area contributed by atoms with Crippen LogP contribution in [0.3, 0.4) is 0 Å². The van der Waals surface area contributed by atoms with Crippen LogP contribution in [0.15, 0.2) is 5.11 Å². The number of azide groups is 1. The van der Waals surface area contributed by atoms with Crippen LogP contribution in [0.5, 0.6) is 0 Å². The van der Waals surface area contributed by atoms with Gasteiger partial charge in [0.05, 0.1) is 28.3 Å². The number of esters is 1. The van der Waals surface area contributed by atoms with Gasteiger partial charge in [-0.3, -0.25) is 4.79 Å². The number of nitrogens with zero attached hydrogens (tertiary/aromatic N) is 4. The summed E-state index contributed by atoms with van der Waals surface area (Å²) in [5, 5.41) is 3.59. The third kappa shape index (κ3) is 1.91.